The first-order chi connectivity index (χ1) is 7.68. The highest BCUT2D eigenvalue weighted by atomic mass is 16.6. The lowest BCUT2D eigenvalue weighted by atomic mass is 10.1. The van der Waals surface area contributed by atoms with Crippen molar-refractivity contribution in [3.05, 3.63) is 35.4 Å². The Morgan fingerprint density at radius 2 is 2.12 bits per heavy atom. The Morgan fingerprint density at radius 3 is 2.88 bits per heavy atom. The van der Waals surface area contributed by atoms with Crippen molar-refractivity contribution >= 4 is 5.97 Å². The van der Waals surface area contributed by atoms with Gasteiger partial charge in [0.2, 0.25) is 0 Å². The highest BCUT2D eigenvalue weighted by Gasteiger charge is 2.29. The van der Waals surface area contributed by atoms with Gasteiger partial charge in [0, 0.05) is 18.7 Å². The third-order valence-corrected chi connectivity index (χ3v) is 2.58. The molecule has 1 aliphatic rings. The molecule has 1 unspecified atom stereocenters. The van der Waals surface area contributed by atoms with Gasteiger partial charge < -0.3 is 9.64 Å². The quantitative estimate of drug-likeness (QED) is 0.769. The van der Waals surface area contributed by atoms with Crippen molar-refractivity contribution in [1.29, 1.82) is 0 Å². The number of likely N-dealkylation sites (N-methyl/N-ethyl adjacent to an activating group) is 1. The molecule has 0 saturated heterocycles. The molecule has 0 aromatic heterocycles. The van der Waals surface area contributed by atoms with Gasteiger partial charge in [-0.25, -0.2) is 4.79 Å². The van der Waals surface area contributed by atoms with Crippen LogP contribution in [-0.2, 0) is 4.74 Å². The van der Waals surface area contributed by atoms with Gasteiger partial charge in [0.1, 0.15) is 0 Å². The molecule has 1 atom stereocenters. The number of carbonyl (C=O) groups excluding carboxylic acids is 1. The van der Waals surface area contributed by atoms with Crippen LogP contribution in [0, 0.1) is 0 Å². The molecule has 0 saturated carbocycles. The highest BCUT2D eigenvalue weighted by Crippen LogP contribution is 2.27. The summed E-state index contributed by atoms with van der Waals surface area (Å²) in [5, 5.41) is 3.21. The highest BCUT2D eigenvalue weighted by molar-refractivity contribution is 5.93. The lowest BCUT2D eigenvalue weighted by Crippen LogP contribution is -2.29. The van der Waals surface area contributed by atoms with Crippen molar-refractivity contribution in [3.8, 4) is 0 Å². The van der Waals surface area contributed by atoms with Gasteiger partial charge in [-0.3, -0.25) is 5.32 Å². The third-order valence-electron chi connectivity index (χ3n) is 2.58. The molecule has 0 fully saturated rings. The first-order valence-corrected chi connectivity index (χ1v) is 5.36. The molecule has 0 amide bonds. The van der Waals surface area contributed by atoms with E-state index in [4.69, 9.17) is 4.74 Å². The summed E-state index contributed by atoms with van der Waals surface area (Å²) in [6.45, 7) is 1.70. The molecular weight excluding hydrogens is 204 g/mol. The minimum Gasteiger partial charge on any atom is -0.439 e. The van der Waals surface area contributed by atoms with E-state index >= 15 is 0 Å². The fraction of sp³-hybridized carbons (Fsp3) is 0.417. The van der Waals surface area contributed by atoms with E-state index in [0.717, 1.165) is 18.7 Å². The van der Waals surface area contributed by atoms with Crippen molar-refractivity contribution in [2.24, 2.45) is 0 Å². The Kier molecular flexibility index (Phi) is 3.22. The number of esters is 1. The van der Waals surface area contributed by atoms with Gasteiger partial charge >= 0.3 is 5.97 Å². The number of carbonyl (C=O) groups is 1. The molecule has 0 spiro atoms. The van der Waals surface area contributed by atoms with Gasteiger partial charge in [-0.15, -0.1) is 0 Å². The van der Waals surface area contributed by atoms with Gasteiger partial charge in [0.25, 0.3) is 0 Å². The Bertz CT molecular complexity index is 390. The van der Waals surface area contributed by atoms with Crippen molar-refractivity contribution in [1.82, 2.24) is 10.2 Å². The van der Waals surface area contributed by atoms with E-state index < -0.39 is 0 Å². The number of cyclic esters (lactones) is 1. The minimum atomic E-state index is -0.288. The molecule has 4 heteroatoms. The molecule has 1 N–H and O–H groups in total. The van der Waals surface area contributed by atoms with Crippen LogP contribution in [0.3, 0.4) is 0 Å². The van der Waals surface area contributed by atoms with Crippen molar-refractivity contribution in [2.45, 2.75) is 6.23 Å². The average Bonchev–Trinajstić information content (AvgIpc) is 2.57. The van der Waals surface area contributed by atoms with Crippen molar-refractivity contribution in [2.75, 3.05) is 27.2 Å². The largest absolute Gasteiger partial charge is 0.439 e. The van der Waals surface area contributed by atoms with E-state index in [-0.39, 0.29) is 12.2 Å². The van der Waals surface area contributed by atoms with E-state index in [1.54, 1.807) is 6.07 Å². The SMILES string of the molecule is CN(C)CCNC1OC(=O)c2ccccc21. The van der Waals surface area contributed by atoms with Crippen molar-refractivity contribution in [3.63, 3.8) is 0 Å². The number of hydrogen-bond acceptors (Lipinski definition) is 4. The number of hydrogen-bond donors (Lipinski definition) is 1. The molecular formula is C12H16N2O2. The van der Waals surface area contributed by atoms with Crippen LogP contribution >= 0.6 is 0 Å². The summed E-state index contributed by atoms with van der Waals surface area (Å²) in [5.74, 6) is -0.238. The zero-order valence-electron chi connectivity index (χ0n) is 9.56. The number of rotatable bonds is 4. The van der Waals surface area contributed by atoms with Crippen LogP contribution in [-0.4, -0.2) is 38.1 Å². The predicted molar refractivity (Wildman–Crippen MR) is 61.2 cm³/mol. The summed E-state index contributed by atoms with van der Waals surface area (Å²) < 4.78 is 5.25. The van der Waals surface area contributed by atoms with Crippen LogP contribution in [0.15, 0.2) is 24.3 Å². The average molecular weight is 220 g/mol. The molecule has 16 heavy (non-hydrogen) atoms. The maximum atomic E-state index is 11.5. The Hall–Kier alpha value is -1.39. The van der Waals surface area contributed by atoms with Crippen LogP contribution in [0.2, 0.25) is 0 Å². The second-order valence-electron chi connectivity index (χ2n) is 4.13. The molecule has 1 aromatic rings. The summed E-state index contributed by atoms with van der Waals surface area (Å²) in [6.07, 6.45) is -0.288. The number of fused-ring (bicyclic) bond motifs is 1. The van der Waals surface area contributed by atoms with Gasteiger partial charge in [-0.1, -0.05) is 18.2 Å². The fourth-order valence-electron chi connectivity index (χ4n) is 1.72. The second-order valence-corrected chi connectivity index (χ2v) is 4.13. The van der Waals surface area contributed by atoms with E-state index in [2.05, 4.69) is 10.2 Å². The van der Waals surface area contributed by atoms with Crippen LogP contribution in [0.1, 0.15) is 22.1 Å². The second kappa shape index (κ2) is 4.63. The zero-order valence-corrected chi connectivity index (χ0v) is 9.56. The number of nitrogens with zero attached hydrogens (tertiary/aromatic N) is 1. The Labute approximate surface area is 95.2 Å². The zero-order chi connectivity index (χ0) is 11.5. The first-order valence-electron chi connectivity index (χ1n) is 5.36. The van der Waals surface area contributed by atoms with Crippen LogP contribution in [0.4, 0.5) is 0 Å². The van der Waals surface area contributed by atoms with Gasteiger partial charge in [-0.05, 0) is 20.2 Å². The maximum absolute atomic E-state index is 11.5. The number of nitrogens with one attached hydrogen (secondary N) is 1. The van der Waals surface area contributed by atoms with Crippen LogP contribution in [0.5, 0.6) is 0 Å². The third kappa shape index (κ3) is 2.23. The van der Waals surface area contributed by atoms with E-state index in [1.165, 1.54) is 0 Å². The van der Waals surface area contributed by atoms with E-state index in [0.29, 0.717) is 5.56 Å². The predicted octanol–water partition coefficient (Wildman–Crippen LogP) is 1.01. The fourth-order valence-corrected chi connectivity index (χ4v) is 1.72. The molecule has 0 aliphatic carbocycles. The number of ether oxygens (including phenoxy) is 1. The molecule has 4 nitrogen and oxygen atoms in total. The summed E-state index contributed by atoms with van der Waals surface area (Å²) in [5.41, 5.74) is 1.61. The standard InChI is InChI=1S/C12H16N2O2/c1-14(2)8-7-13-11-9-5-3-4-6-10(9)12(15)16-11/h3-6,11,13H,7-8H2,1-2H3. The molecule has 0 bridgehead atoms. The van der Waals surface area contributed by atoms with Gasteiger partial charge in [0.15, 0.2) is 6.23 Å². The maximum Gasteiger partial charge on any atom is 0.340 e. The lowest BCUT2D eigenvalue weighted by Gasteiger charge is -2.15. The molecule has 86 valence electrons. The minimum absolute atomic E-state index is 0.238. The molecule has 1 heterocycles. The van der Waals surface area contributed by atoms with Gasteiger partial charge in [0.05, 0.1) is 5.56 Å². The first kappa shape index (κ1) is 11.1. The van der Waals surface area contributed by atoms with Crippen LogP contribution < -0.4 is 5.32 Å². The summed E-state index contributed by atoms with van der Waals surface area (Å²) in [4.78, 5) is 13.6. The molecule has 1 aromatic carbocycles. The summed E-state index contributed by atoms with van der Waals surface area (Å²) in [6, 6.07) is 7.49. The topological polar surface area (TPSA) is 41.6 Å². The van der Waals surface area contributed by atoms with E-state index in [9.17, 15) is 4.79 Å². The summed E-state index contributed by atoms with van der Waals surface area (Å²) >= 11 is 0. The summed E-state index contributed by atoms with van der Waals surface area (Å²) in [7, 11) is 4.02. The molecule has 2 rings (SSSR count). The van der Waals surface area contributed by atoms with Crippen molar-refractivity contribution < 1.29 is 9.53 Å². The Morgan fingerprint density at radius 1 is 1.38 bits per heavy atom. The lowest BCUT2D eigenvalue weighted by molar-refractivity contribution is 0.0306. The molecule has 0 radical (unpaired) electrons. The van der Waals surface area contributed by atoms with E-state index in [1.807, 2.05) is 32.3 Å². The number of benzene rings is 1. The van der Waals surface area contributed by atoms with Crippen LogP contribution in [0.25, 0.3) is 0 Å². The smallest absolute Gasteiger partial charge is 0.340 e. The monoisotopic (exact) mass is 220 g/mol. The molecule has 1 aliphatic heterocycles. The van der Waals surface area contributed by atoms with Gasteiger partial charge in [-0.2, -0.15) is 0 Å². The normalized spacial score (nSPS) is 18.7. The Balaban J connectivity index is 2.01.